The molecule has 1 fully saturated rings. The summed E-state index contributed by atoms with van der Waals surface area (Å²) >= 11 is 0. The van der Waals surface area contributed by atoms with Crippen LogP contribution in [-0.4, -0.2) is 56.3 Å². The van der Waals surface area contributed by atoms with E-state index in [1.54, 1.807) is 17.9 Å². The van der Waals surface area contributed by atoms with Crippen molar-refractivity contribution in [1.29, 1.82) is 0 Å². The van der Waals surface area contributed by atoms with E-state index in [-0.39, 0.29) is 23.2 Å². The Balaban J connectivity index is 1.25. The average Bonchev–Trinajstić information content (AvgIpc) is 3.19. The topological polar surface area (TPSA) is 61.6 Å². The van der Waals surface area contributed by atoms with Gasteiger partial charge in [-0.05, 0) is 61.1 Å². The van der Waals surface area contributed by atoms with Crippen molar-refractivity contribution < 1.29 is 14.3 Å². The molecular formula is C25H27FN4O2. The van der Waals surface area contributed by atoms with Gasteiger partial charge in [-0.2, -0.15) is 5.10 Å². The van der Waals surface area contributed by atoms with Crippen LogP contribution < -0.4 is 0 Å². The van der Waals surface area contributed by atoms with E-state index in [1.807, 2.05) is 0 Å². The summed E-state index contributed by atoms with van der Waals surface area (Å²) in [4.78, 5) is 17.4. The molecule has 0 atom stereocenters. The largest absolute Gasteiger partial charge is 0.504 e. The number of aromatic hydroxyl groups is 1. The number of hydrogen-bond donors (Lipinski definition) is 1. The Morgan fingerprint density at radius 2 is 1.84 bits per heavy atom. The molecule has 1 aromatic heterocycles. The molecule has 1 amide bonds. The molecule has 7 heteroatoms. The lowest BCUT2D eigenvalue weighted by molar-refractivity contribution is 0.0591. The van der Waals surface area contributed by atoms with Crippen LogP contribution in [0.5, 0.6) is 5.75 Å². The number of piperidine rings is 1. The summed E-state index contributed by atoms with van der Waals surface area (Å²) in [6.07, 6.45) is 4.30. The Labute approximate surface area is 186 Å². The maximum absolute atomic E-state index is 13.4. The molecule has 1 saturated heterocycles. The normalized spacial score (nSPS) is 17.4. The van der Waals surface area contributed by atoms with E-state index in [2.05, 4.69) is 34.3 Å². The Morgan fingerprint density at radius 1 is 1.09 bits per heavy atom. The van der Waals surface area contributed by atoms with E-state index in [0.29, 0.717) is 30.4 Å². The number of carbonyl (C=O) groups is 1. The molecule has 0 aliphatic carbocycles. The predicted molar refractivity (Wildman–Crippen MR) is 119 cm³/mol. The molecule has 166 valence electrons. The monoisotopic (exact) mass is 434 g/mol. The maximum Gasteiger partial charge on any atom is 0.278 e. The molecule has 1 N–H and O–H groups in total. The average molecular weight is 435 g/mol. The Hall–Kier alpha value is -3.19. The van der Waals surface area contributed by atoms with Gasteiger partial charge in [0.2, 0.25) is 0 Å². The third-order valence-corrected chi connectivity index (χ3v) is 6.73. The van der Waals surface area contributed by atoms with Gasteiger partial charge >= 0.3 is 0 Å². The number of nitrogens with zero attached hydrogens (tertiary/aromatic N) is 4. The number of hydrogen-bond acceptors (Lipinski definition) is 4. The molecule has 0 radical (unpaired) electrons. The highest BCUT2D eigenvalue weighted by molar-refractivity contribution is 5.95. The second-order valence-electron chi connectivity index (χ2n) is 8.75. The quantitative estimate of drug-likeness (QED) is 0.683. The standard InChI is InChI=1S/C25H27FN4O2/c1-17-14-20(26)6-7-22(17)30-16-23(31)24(27-30)25(32)28-12-9-21(10-13-28)29-11-8-18-4-2-3-5-19(18)15-29/h2-7,14,16,21,31H,8-13,15H2,1H3. The van der Waals surface area contributed by atoms with Crippen LogP contribution in [0.4, 0.5) is 4.39 Å². The second-order valence-corrected chi connectivity index (χ2v) is 8.75. The molecule has 32 heavy (non-hydrogen) atoms. The molecule has 3 heterocycles. The summed E-state index contributed by atoms with van der Waals surface area (Å²) in [5, 5.41) is 14.7. The molecule has 5 rings (SSSR count). The number of rotatable bonds is 3. The minimum atomic E-state index is -0.334. The summed E-state index contributed by atoms with van der Waals surface area (Å²) < 4.78 is 14.9. The molecular weight excluding hydrogens is 407 g/mol. The number of aromatic nitrogens is 2. The molecule has 0 bridgehead atoms. The van der Waals surface area contributed by atoms with Crippen molar-refractivity contribution in [3.05, 3.63) is 76.9 Å². The minimum Gasteiger partial charge on any atom is -0.504 e. The van der Waals surface area contributed by atoms with Gasteiger partial charge in [0, 0.05) is 32.2 Å². The van der Waals surface area contributed by atoms with E-state index in [4.69, 9.17) is 0 Å². The summed E-state index contributed by atoms with van der Waals surface area (Å²) in [5.41, 5.74) is 4.20. The molecule has 0 spiro atoms. The van der Waals surface area contributed by atoms with Gasteiger partial charge in [-0.1, -0.05) is 24.3 Å². The number of benzene rings is 2. The lowest BCUT2D eigenvalue weighted by Crippen LogP contribution is -2.48. The van der Waals surface area contributed by atoms with E-state index < -0.39 is 0 Å². The highest BCUT2D eigenvalue weighted by Crippen LogP contribution is 2.27. The van der Waals surface area contributed by atoms with E-state index in [1.165, 1.54) is 34.1 Å². The predicted octanol–water partition coefficient (Wildman–Crippen LogP) is 3.69. The van der Waals surface area contributed by atoms with Crippen LogP contribution >= 0.6 is 0 Å². The van der Waals surface area contributed by atoms with Gasteiger partial charge in [0.1, 0.15) is 5.82 Å². The number of aryl methyl sites for hydroxylation is 1. The van der Waals surface area contributed by atoms with Gasteiger partial charge in [0.15, 0.2) is 11.4 Å². The fourth-order valence-electron chi connectivity index (χ4n) is 4.93. The van der Waals surface area contributed by atoms with Crippen LogP contribution in [0.15, 0.2) is 48.7 Å². The van der Waals surface area contributed by atoms with Crippen LogP contribution in [0, 0.1) is 12.7 Å². The summed E-state index contributed by atoms with van der Waals surface area (Å²) in [5.74, 6) is -0.754. The third kappa shape index (κ3) is 3.88. The smallest absolute Gasteiger partial charge is 0.278 e. The number of likely N-dealkylation sites (tertiary alicyclic amines) is 1. The minimum absolute atomic E-state index is 0.0408. The van der Waals surface area contributed by atoms with Gasteiger partial charge in [-0.25, -0.2) is 9.07 Å². The van der Waals surface area contributed by atoms with Crippen molar-refractivity contribution in [3.63, 3.8) is 0 Å². The first-order valence-electron chi connectivity index (χ1n) is 11.1. The molecule has 2 aliphatic rings. The van der Waals surface area contributed by atoms with Crippen molar-refractivity contribution in [2.45, 2.75) is 38.8 Å². The number of carbonyl (C=O) groups excluding carboxylic acids is 1. The van der Waals surface area contributed by atoms with Crippen LogP contribution in [0.25, 0.3) is 5.69 Å². The van der Waals surface area contributed by atoms with E-state index >= 15 is 0 Å². The molecule has 3 aromatic rings. The summed E-state index contributed by atoms with van der Waals surface area (Å²) in [6, 6.07) is 13.4. The number of halogens is 1. The Morgan fingerprint density at radius 3 is 2.59 bits per heavy atom. The van der Waals surface area contributed by atoms with Crippen LogP contribution in [0.3, 0.4) is 0 Å². The Kier molecular flexibility index (Phi) is 5.43. The van der Waals surface area contributed by atoms with Crippen LogP contribution in [-0.2, 0) is 13.0 Å². The lowest BCUT2D eigenvalue weighted by atomic mass is 9.95. The Bertz CT molecular complexity index is 1150. The first kappa shape index (κ1) is 20.7. The van der Waals surface area contributed by atoms with Gasteiger partial charge in [-0.15, -0.1) is 0 Å². The first-order chi connectivity index (χ1) is 15.5. The van der Waals surface area contributed by atoms with Crippen molar-refractivity contribution in [1.82, 2.24) is 19.6 Å². The van der Waals surface area contributed by atoms with Gasteiger partial charge in [0.05, 0.1) is 11.9 Å². The second kappa shape index (κ2) is 8.39. The van der Waals surface area contributed by atoms with Gasteiger partial charge in [0.25, 0.3) is 5.91 Å². The lowest BCUT2D eigenvalue weighted by Gasteiger charge is -2.40. The zero-order valence-electron chi connectivity index (χ0n) is 18.2. The fourth-order valence-corrected chi connectivity index (χ4v) is 4.93. The third-order valence-electron chi connectivity index (χ3n) is 6.73. The SMILES string of the molecule is Cc1cc(F)ccc1-n1cc(O)c(C(=O)N2CCC(N3CCc4ccccc4C3)CC2)n1. The highest BCUT2D eigenvalue weighted by Gasteiger charge is 2.31. The summed E-state index contributed by atoms with van der Waals surface area (Å²) in [6.45, 7) is 5.07. The first-order valence-corrected chi connectivity index (χ1v) is 11.1. The van der Waals surface area contributed by atoms with Crippen LogP contribution in [0.2, 0.25) is 0 Å². The highest BCUT2D eigenvalue weighted by atomic mass is 19.1. The molecule has 0 unspecified atom stereocenters. The van der Waals surface area contributed by atoms with Crippen molar-refractivity contribution in [3.8, 4) is 11.4 Å². The molecule has 6 nitrogen and oxygen atoms in total. The number of fused-ring (bicyclic) bond motifs is 1. The van der Waals surface area contributed by atoms with Gasteiger partial charge in [-0.3, -0.25) is 9.69 Å². The van der Waals surface area contributed by atoms with E-state index in [0.717, 1.165) is 32.4 Å². The van der Waals surface area contributed by atoms with E-state index in [9.17, 15) is 14.3 Å². The molecule has 0 saturated carbocycles. The van der Waals surface area contributed by atoms with Crippen molar-refractivity contribution in [2.75, 3.05) is 19.6 Å². The van der Waals surface area contributed by atoms with Crippen molar-refractivity contribution >= 4 is 5.91 Å². The van der Waals surface area contributed by atoms with Gasteiger partial charge < -0.3 is 10.0 Å². The van der Waals surface area contributed by atoms with Crippen LogP contribution in [0.1, 0.15) is 40.0 Å². The number of amides is 1. The molecule has 2 aliphatic heterocycles. The summed E-state index contributed by atoms with van der Waals surface area (Å²) in [7, 11) is 0. The maximum atomic E-state index is 13.4. The fraction of sp³-hybridized carbons (Fsp3) is 0.360. The van der Waals surface area contributed by atoms with Crippen molar-refractivity contribution in [2.24, 2.45) is 0 Å². The molecule has 2 aromatic carbocycles. The zero-order valence-corrected chi connectivity index (χ0v) is 18.2. The zero-order chi connectivity index (χ0) is 22.2.